The van der Waals surface area contributed by atoms with Crippen LogP contribution in [0.3, 0.4) is 0 Å². The average Bonchev–Trinajstić information content (AvgIpc) is 2.90. The third-order valence-electron chi connectivity index (χ3n) is 2.87. The first kappa shape index (κ1) is 17.8. The lowest BCUT2D eigenvalue weighted by Gasteiger charge is -2.04. The van der Waals surface area contributed by atoms with Crippen molar-refractivity contribution in [2.45, 2.75) is 12.7 Å². The van der Waals surface area contributed by atoms with Crippen LogP contribution in [0, 0.1) is 0 Å². The van der Waals surface area contributed by atoms with Crippen molar-refractivity contribution >= 4 is 0 Å². The quantitative estimate of drug-likeness (QED) is 0.723. The summed E-state index contributed by atoms with van der Waals surface area (Å²) in [6, 6.07) is 6.28. The van der Waals surface area contributed by atoms with Crippen LogP contribution in [0.2, 0.25) is 0 Å². The van der Waals surface area contributed by atoms with Crippen LogP contribution in [0.25, 0.3) is 11.5 Å². The Morgan fingerprint density at radius 3 is 2.62 bits per heavy atom. The van der Waals surface area contributed by atoms with Crippen molar-refractivity contribution in [3.8, 4) is 17.2 Å². The molecule has 0 N–H and O–H groups in total. The number of benzene rings is 1. The van der Waals surface area contributed by atoms with E-state index in [0.717, 1.165) is 10.8 Å². The summed E-state index contributed by atoms with van der Waals surface area (Å²) in [6.07, 6.45) is -3.36. The SMILES string of the molecule is COCCn1nc(-c2ccc(OCC=CC(F)(F)F)cc2)oc1=O. The molecule has 0 aliphatic heterocycles. The number of alkyl halides is 3. The van der Waals surface area contributed by atoms with Crippen LogP contribution in [0.5, 0.6) is 5.75 Å². The Morgan fingerprint density at radius 2 is 2.00 bits per heavy atom. The molecular formula is C15H15F3N2O4. The molecule has 1 heterocycles. The molecule has 1 aromatic carbocycles. The fourth-order valence-corrected chi connectivity index (χ4v) is 1.76. The van der Waals surface area contributed by atoms with Gasteiger partial charge in [-0.25, -0.2) is 4.79 Å². The second-order valence-corrected chi connectivity index (χ2v) is 4.67. The number of halogens is 3. The molecule has 0 atom stereocenters. The van der Waals surface area contributed by atoms with Crippen molar-refractivity contribution in [3.63, 3.8) is 0 Å². The summed E-state index contributed by atoms with van der Waals surface area (Å²) in [5.41, 5.74) is 0.543. The fourth-order valence-electron chi connectivity index (χ4n) is 1.76. The zero-order valence-electron chi connectivity index (χ0n) is 12.7. The van der Waals surface area contributed by atoms with Gasteiger partial charge in [-0.1, -0.05) is 0 Å². The van der Waals surface area contributed by atoms with Crippen molar-refractivity contribution in [2.75, 3.05) is 20.3 Å². The number of hydrogen-bond donors (Lipinski definition) is 0. The molecule has 0 aliphatic carbocycles. The highest BCUT2D eigenvalue weighted by Gasteiger charge is 2.21. The number of aromatic nitrogens is 2. The molecule has 9 heteroatoms. The van der Waals surface area contributed by atoms with E-state index in [9.17, 15) is 18.0 Å². The molecule has 130 valence electrons. The first-order valence-electron chi connectivity index (χ1n) is 6.93. The maximum atomic E-state index is 11.9. The average molecular weight is 344 g/mol. The number of rotatable bonds is 7. The lowest BCUT2D eigenvalue weighted by molar-refractivity contribution is -0.0801. The summed E-state index contributed by atoms with van der Waals surface area (Å²) in [4.78, 5) is 11.6. The smallest absolute Gasteiger partial charge is 0.437 e. The second kappa shape index (κ2) is 7.82. The van der Waals surface area contributed by atoms with Gasteiger partial charge in [0.2, 0.25) is 5.89 Å². The van der Waals surface area contributed by atoms with Gasteiger partial charge in [0.1, 0.15) is 12.4 Å². The van der Waals surface area contributed by atoms with E-state index in [1.807, 2.05) is 0 Å². The highest BCUT2D eigenvalue weighted by Crippen LogP contribution is 2.20. The van der Waals surface area contributed by atoms with E-state index >= 15 is 0 Å². The van der Waals surface area contributed by atoms with Gasteiger partial charge in [0.15, 0.2) is 0 Å². The standard InChI is InChI=1S/C15H15F3N2O4/c1-22-10-8-20-14(21)24-13(19-20)11-3-5-12(6-4-11)23-9-2-7-15(16,17)18/h2-7H,8-10H2,1H3. The monoisotopic (exact) mass is 344 g/mol. The molecule has 0 radical (unpaired) electrons. The topological polar surface area (TPSA) is 66.5 Å². The largest absolute Gasteiger partial charge is 0.490 e. The van der Waals surface area contributed by atoms with Crippen molar-refractivity contribution in [1.82, 2.24) is 9.78 Å². The number of hydrogen-bond acceptors (Lipinski definition) is 5. The van der Waals surface area contributed by atoms with E-state index in [1.165, 1.54) is 7.11 Å². The van der Waals surface area contributed by atoms with Crippen LogP contribution in [0.15, 0.2) is 45.6 Å². The van der Waals surface area contributed by atoms with Crippen molar-refractivity contribution in [2.24, 2.45) is 0 Å². The van der Waals surface area contributed by atoms with Gasteiger partial charge in [-0.3, -0.25) is 0 Å². The molecule has 0 spiro atoms. The lowest BCUT2D eigenvalue weighted by atomic mass is 10.2. The molecule has 0 unspecified atom stereocenters. The Kier molecular flexibility index (Phi) is 5.80. The minimum Gasteiger partial charge on any atom is -0.490 e. The summed E-state index contributed by atoms with van der Waals surface area (Å²) in [7, 11) is 1.51. The first-order chi connectivity index (χ1) is 11.4. The van der Waals surface area contributed by atoms with Gasteiger partial charge in [-0.05, 0) is 30.3 Å². The minimum atomic E-state index is -4.35. The Bertz CT molecular complexity index is 732. The van der Waals surface area contributed by atoms with Gasteiger partial charge >= 0.3 is 11.9 Å². The molecule has 2 aromatic rings. The summed E-state index contributed by atoms with van der Waals surface area (Å²) in [5, 5.41) is 4.03. The van der Waals surface area contributed by atoms with Crippen LogP contribution >= 0.6 is 0 Å². The molecule has 1 aromatic heterocycles. The molecule has 0 saturated carbocycles. The van der Waals surface area contributed by atoms with Crippen molar-refractivity contribution < 1.29 is 27.1 Å². The molecular weight excluding hydrogens is 329 g/mol. The highest BCUT2D eigenvalue weighted by molar-refractivity contribution is 5.53. The number of ether oxygens (including phenoxy) is 2. The zero-order valence-corrected chi connectivity index (χ0v) is 12.7. The third-order valence-corrected chi connectivity index (χ3v) is 2.87. The van der Waals surface area contributed by atoms with Gasteiger partial charge in [-0.15, -0.1) is 5.10 Å². The van der Waals surface area contributed by atoms with Gasteiger partial charge in [0.05, 0.1) is 13.2 Å². The minimum absolute atomic E-state index is 0.114. The molecule has 0 bridgehead atoms. The van der Waals surface area contributed by atoms with Crippen LogP contribution < -0.4 is 10.5 Å². The van der Waals surface area contributed by atoms with Crippen LogP contribution in [0.1, 0.15) is 0 Å². The third kappa shape index (κ3) is 5.27. The number of allylic oxidation sites excluding steroid dienone is 1. The number of nitrogens with zero attached hydrogens (tertiary/aromatic N) is 2. The first-order valence-corrected chi connectivity index (χ1v) is 6.93. The molecule has 2 rings (SSSR count). The molecule has 0 fully saturated rings. The zero-order chi connectivity index (χ0) is 17.6. The molecule has 6 nitrogen and oxygen atoms in total. The summed E-state index contributed by atoms with van der Waals surface area (Å²) < 4.78 is 52.0. The predicted octanol–water partition coefficient (Wildman–Crippen LogP) is 2.65. The van der Waals surface area contributed by atoms with Crippen molar-refractivity contribution in [3.05, 3.63) is 47.0 Å². The predicted molar refractivity (Wildman–Crippen MR) is 78.8 cm³/mol. The van der Waals surface area contributed by atoms with Gasteiger partial charge in [-0.2, -0.15) is 17.9 Å². The lowest BCUT2D eigenvalue weighted by Crippen LogP contribution is -2.18. The van der Waals surface area contributed by atoms with Crippen molar-refractivity contribution in [1.29, 1.82) is 0 Å². The fraction of sp³-hybridized carbons (Fsp3) is 0.333. The van der Waals surface area contributed by atoms with Gasteiger partial charge in [0.25, 0.3) is 0 Å². The number of methoxy groups -OCH3 is 1. The van der Waals surface area contributed by atoms with E-state index in [1.54, 1.807) is 24.3 Å². The maximum Gasteiger partial charge on any atom is 0.437 e. The molecule has 0 saturated heterocycles. The van der Waals surface area contributed by atoms with E-state index in [2.05, 4.69) is 5.10 Å². The molecule has 0 aliphatic rings. The summed E-state index contributed by atoms with van der Waals surface area (Å²) >= 11 is 0. The van der Waals surface area contributed by atoms with E-state index in [0.29, 0.717) is 17.9 Å². The Balaban J connectivity index is 1.99. The van der Waals surface area contributed by atoms with Crippen LogP contribution in [-0.4, -0.2) is 36.3 Å². The van der Waals surface area contributed by atoms with E-state index < -0.39 is 11.9 Å². The van der Waals surface area contributed by atoms with Crippen LogP contribution in [0.4, 0.5) is 13.2 Å². The summed E-state index contributed by atoms with van der Waals surface area (Å²) in [5.74, 6) is -0.0778. The Labute approximate surface area is 135 Å². The Hall–Kier alpha value is -2.55. The normalized spacial score (nSPS) is 12.0. The van der Waals surface area contributed by atoms with Crippen LogP contribution in [-0.2, 0) is 11.3 Å². The second-order valence-electron chi connectivity index (χ2n) is 4.67. The molecule has 24 heavy (non-hydrogen) atoms. The van der Waals surface area contributed by atoms with Gasteiger partial charge in [0, 0.05) is 18.7 Å². The van der Waals surface area contributed by atoms with E-state index in [-0.39, 0.29) is 25.1 Å². The molecule has 0 amide bonds. The highest BCUT2D eigenvalue weighted by atomic mass is 19.4. The van der Waals surface area contributed by atoms with E-state index in [4.69, 9.17) is 13.9 Å². The van der Waals surface area contributed by atoms with Gasteiger partial charge < -0.3 is 13.9 Å². The summed E-state index contributed by atoms with van der Waals surface area (Å²) in [6.45, 7) is 0.384. The maximum absolute atomic E-state index is 11.9. The Morgan fingerprint density at radius 1 is 1.29 bits per heavy atom.